The van der Waals surface area contributed by atoms with Gasteiger partial charge >= 0.3 is 0 Å². The highest BCUT2D eigenvalue weighted by molar-refractivity contribution is 7.14. The van der Waals surface area contributed by atoms with Gasteiger partial charge in [-0.05, 0) is 19.1 Å². The summed E-state index contributed by atoms with van der Waals surface area (Å²) in [6, 6.07) is 9.58. The smallest absolute Gasteiger partial charge is 0.260 e. The molecule has 1 N–H and O–H groups in total. The van der Waals surface area contributed by atoms with E-state index in [9.17, 15) is 9.59 Å². The number of carbonyl (C=O) groups excluding carboxylic acids is 2. The zero-order chi connectivity index (χ0) is 16.4. The van der Waals surface area contributed by atoms with Gasteiger partial charge in [0, 0.05) is 12.3 Å². The molecule has 2 aromatic heterocycles. The lowest BCUT2D eigenvalue weighted by atomic mass is 10.2. The number of para-hydroxylation sites is 1. The van der Waals surface area contributed by atoms with Crippen LogP contribution < -0.4 is 5.32 Å². The molecule has 0 radical (unpaired) electrons. The number of hydrogen-bond acceptors (Lipinski definition) is 5. The van der Waals surface area contributed by atoms with E-state index in [0.29, 0.717) is 16.4 Å². The van der Waals surface area contributed by atoms with Crippen LogP contribution in [0.2, 0.25) is 0 Å². The van der Waals surface area contributed by atoms with Crippen LogP contribution in [0.3, 0.4) is 0 Å². The monoisotopic (exact) mass is 326 g/mol. The zero-order valence-electron chi connectivity index (χ0n) is 12.6. The van der Waals surface area contributed by atoms with E-state index in [1.807, 2.05) is 37.3 Å². The number of benzene rings is 1. The van der Waals surface area contributed by atoms with Crippen molar-refractivity contribution in [3.05, 3.63) is 58.9 Å². The van der Waals surface area contributed by atoms with Gasteiger partial charge in [0.2, 0.25) is 0 Å². The van der Waals surface area contributed by atoms with E-state index < -0.39 is 0 Å². The molecule has 0 aliphatic rings. The Hall–Kier alpha value is -2.80. The molecule has 116 valence electrons. The van der Waals surface area contributed by atoms with Gasteiger partial charge in [0.15, 0.2) is 10.9 Å². The maximum atomic E-state index is 12.4. The molecule has 3 aromatic rings. The van der Waals surface area contributed by atoms with Crippen LogP contribution >= 0.6 is 11.3 Å². The highest BCUT2D eigenvalue weighted by Gasteiger charge is 2.17. The third kappa shape index (κ3) is 3.04. The largest absolute Gasteiger partial charge is 0.298 e. The topological polar surface area (TPSA) is 76.9 Å². The Morgan fingerprint density at radius 3 is 2.61 bits per heavy atom. The van der Waals surface area contributed by atoms with Gasteiger partial charge in [-0.25, -0.2) is 9.67 Å². The van der Waals surface area contributed by atoms with Crippen molar-refractivity contribution >= 4 is 28.2 Å². The summed E-state index contributed by atoms with van der Waals surface area (Å²) in [6.07, 6.45) is 1.52. The second kappa shape index (κ2) is 6.13. The molecule has 0 atom stereocenters. The van der Waals surface area contributed by atoms with E-state index in [1.54, 1.807) is 10.1 Å². The molecule has 2 heterocycles. The third-order valence-corrected chi connectivity index (χ3v) is 4.10. The molecule has 0 saturated heterocycles. The number of amides is 1. The van der Waals surface area contributed by atoms with Gasteiger partial charge in [-0.15, -0.1) is 11.3 Å². The first-order valence-electron chi connectivity index (χ1n) is 6.94. The fourth-order valence-electron chi connectivity index (χ4n) is 2.12. The lowest BCUT2D eigenvalue weighted by molar-refractivity contribution is 0.100. The first kappa shape index (κ1) is 15.1. The fraction of sp³-hybridized carbons (Fsp3) is 0.125. The first-order valence-corrected chi connectivity index (χ1v) is 7.82. The fourth-order valence-corrected chi connectivity index (χ4v) is 2.86. The summed E-state index contributed by atoms with van der Waals surface area (Å²) in [5.74, 6) is -0.427. The number of thiazole rings is 1. The molecular weight excluding hydrogens is 312 g/mol. The second-order valence-electron chi connectivity index (χ2n) is 4.94. The number of nitrogens with one attached hydrogen (secondary N) is 1. The van der Waals surface area contributed by atoms with Gasteiger partial charge in [-0.1, -0.05) is 18.2 Å². The Morgan fingerprint density at radius 2 is 1.96 bits per heavy atom. The van der Waals surface area contributed by atoms with Crippen LogP contribution in [-0.4, -0.2) is 26.5 Å². The minimum Gasteiger partial charge on any atom is -0.298 e. The zero-order valence-corrected chi connectivity index (χ0v) is 13.4. The molecule has 0 aliphatic heterocycles. The highest BCUT2D eigenvalue weighted by Crippen LogP contribution is 2.19. The normalized spacial score (nSPS) is 10.5. The lowest BCUT2D eigenvalue weighted by Crippen LogP contribution is -2.13. The van der Waals surface area contributed by atoms with Crippen molar-refractivity contribution < 1.29 is 9.59 Å². The Labute approximate surface area is 136 Å². The molecule has 0 bridgehead atoms. The van der Waals surface area contributed by atoms with Gasteiger partial charge in [0.05, 0.1) is 23.1 Å². The van der Waals surface area contributed by atoms with E-state index in [-0.39, 0.29) is 11.7 Å². The predicted molar refractivity (Wildman–Crippen MR) is 88.4 cm³/mol. The maximum absolute atomic E-state index is 12.4. The quantitative estimate of drug-likeness (QED) is 0.747. The van der Waals surface area contributed by atoms with Gasteiger partial charge < -0.3 is 0 Å². The molecule has 0 unspecified atom stereocenters. The number of hydrogen-bond donors (Lipinski definition) is 1. The summed E-state index contributed by atoms with van der Waals surface area (Å²) in [6.45, 7) is 3.27. The van der Waals surface area contributed by atoms with E-state index >= 15 is 0 Å². The van der Waals surface area contributed by atoms with Crippen LogP contribution in [0, 0.1) is 6.92 Å². The van der Waals surface area contributed by atoms with E-state index in [2.05, 4.69) is 15.4 Å². The average Bonchev–Trinajstić information content (AvgIpc) is 3.15. The van der Waals surface area contributed by atoms with Crippen LogP contribution in [0.5, 0.6) is 0 Å². The summed E-state index contributed by atoms with van der Waals surface area (Å²) < 4.78 is 1.71. The number of ketones is 1. The Bertz CT molecular complexity index is 867. The molecule has 0 spiro atoms. The molecule has 7 heteroatoms. The van der Waals surface area contributed by atoms with Crippen molar-refractivity contribution in [3.8, 4) is 5.69 Å². The van der Waals surface area contributed by atoms with Crippen LogP contribution in [0.4, 0.5) is 5.13 Å². The SMILES string of the molecule is CC(=O)c1csc(NC(=O)c2cnn(-c3ccccc3)c2C)n1. The van der Waals surface area contributed by atoms with Crippen molar-refractivity contribution in [2.24, 2.45) is 0 Å². The predicted octanol–water partition coefficient (Wildman–Crippen LogP) is 3.09. The third-order valence-electron chi connectivity index (χ3n) is 3.34. The Morgan fingerprint density at radius 1 is 1.22 bits per heavy atom. The number of rotatable bonds is 4. The molecule has 6 nitrogen and oxygen atoms in total. The van der Waals surface area contributed by atoms with Crippen LogP contribution in [0.25, 0.3) is 5.69 Å². The number of aromatic nitrogens is 3. The highest BCUT2D eigenvalue weighted by atomic mass is 32.1. The van der Waals surface area contributed by atoms with Crippen molar-refractivity contribution in [2.45, 2.75) is 13.8 Å². The first-order chi connectivity index (χ1) is 11.1. The number of Topliss-reactive ketones (excluding diaryl/α,β-unsaturated/α-hetero) is 1. The molecule has 23 heavy (non-hydrogen) atoms. The summed E-state index contributed by atoms with van der Waals surface area (Å²) in [4.78, 5) is 27.7. The summed E-state index contributed by atoms with van der Waals surface area (Å²) >= 11 is 1.22. The molecule has 1 aromatic carbocycles. The van der Waals surface area contributed by atoms with Crippen LogP contribution in [-0.2, 0) is 0 Å². The maximum Gasteiger partial charge on any atom is 0.260 e. The van der Waals surface area contributed by atoms with Crippen LogP contribution in [0.1, 0.15) is 33.5 Å². The standard InChI is InChI=1S/C16H14N4O2S/c1-10-13(8-17-20(10)12-6-4-3-5-7-12)15(22)19-16-18-14(9-23-16)11(2)21/h3-9H,1-2H3,(H,18,19,22). The summed E-state index contributed by atoms with van der Waals surface area (Å²) in [5.41, 5.74) is 2.43. The van der Waals surface area contributed by atoms with Crippen LogP contribution in [0.15, 0.2) is 41.9 Å². The molecule has 1 amide bonds. The van der Waals surface area contributed by atoms with E-state index in [4.69, 9.17) is 0 Å². The van der Waals surface area contributed by atoms with Gasteiger partial charge in [0.25, 0.3) is 5.91 Å². The molecule has 3 rings (SSSR count). The summed E-state index contributed by atoms with van der Waals surface area (Å²) in [7, 11) is 0. The van der Waals surface area contributed by atoms with Crippen molar-refractivity contribution in [1.29, 1.82) is 0 Å². The number of carbonyl (C=O) groups is 2. The molecular formula is C16H14N4O2S. The lowest BCUT2D eigenvalue weighted by Gasteiger charge is -2.05. The number of nitrogens with zero attached hydrogens (tertiary/aromatic N) is 3. The molecule has 0 aliphatic carbocycles. The second-order valence-corrected chi connectivity index (χ2v) is 5.80. The van der Waals surface area contributed by atoms with Crippen molar-refractivity contribution in [3.63, 3.8) is 0 Å². The van der Waals surface area contributed by atoms with Crippen molar-refractivity contribution in [1.82, 2.24) is 14.8 Å². The molecule has 0 saturated carbocycles. The average molecular weight is 326 g/mol. The van der Waals surface area contributed by atoms with E-state index in [0.717, 1.165) is 11.4 Å². The van der Waals surface area contributed by atoms with Gasteiger partial charge in [-0.3, -0.25) is 14.9 Å². The minimum absolute atomic E-state index is 0.130. The number of anilines is 1. The Kier molecular flexibility index (Phi) is 4.03. The van der Waals surface area contributed by atoms with E-state index in [1.165, 1.54) is 24.5 Å². The molecule has 0 fully saturated rings. The van der Waals surface area contributed by atoms with Gasteiger partial charge in [-0.2, -0.15) is 5.10 Å². The van der Waals surface area contributed by atoms with Crippen molar-refractivity contribution in [2.75, 3.05) is 5.32 Å². The summed E-state index contributed by atoms with van der Waals surface area (Å²) in [5, 5.41) is 8.99. The minimum atomic E-state index is -0.297. The Balaban J connectivity index is 1.83. The van der Waals surface area contributed by atoms with Gasteiger partial charge in [0.1, 0.15) is 5.69 Å².